The minimum Gasteiger partial charge on any atom is -0.356 e. The zero-order valence-corrected chi connectivity index (χ0v) is 12.3. The van der Waals surface area contributed by atoms with Gasteiger partial charge in [-0.15, -0.1) is 0 Å². The van der Waals surface area contributed by atoms with Crippen molar-refractivity contribution in [3.05, 3.63) is 0 Å². The number of hydrogen-bond donors (Lipinski definition) is 2. The molecule has 1 rings (SSSR count). The van der Waals surface area contributed by atoms with Crippen molar-refractivity contribution in [1.82, 2.24) is 10.6 Å². The van der Waals surface area contributed by atoms with Gasteiger partial charge in [-0.1, -0.05) is 33.6 Å². The first kappa shape index (κ1) is 15.5. The molecule has 0 aliphatic carbocycles. The molecule has 0 saturated carbocycles. The van der Waals surface area contributed by atoms with Crippen molar-refractivity contribution in [3.63, 3.8) is 0 Å². The summed E-state index contributed by atoms with van der Waals surface area (Å²) in [5, 5.41) is 6.59. The van der Waals surface area contributed by atoms with Gasteiger partial charge in [0.2, 0.25) is 5.91 Å². The van der Waals surface area contributed by atoms with Crippen molar-refractivity contribution < 1.29 is 4.79 Å². The lowest BCUT2D eigenvalue weighted by atomic mass is 9.88. The van der Waals surface area contributed by atoms with E-state index in [0.717, 1.165) is 51.2 Å². The van der Waals surface area contributed by atoms with E-state index in [1.807, 2.05) is 0 Å². The maximum Gasteiger partial charge on any atom is 0.223 e. The lowest BCUT2D eigenvalue weighted by molar-refractivity contribution is -0.125. The van der Waals surface area contributed by atoms with Crippen LogP contribution in [0.3, 0.4) is 0 Å². The van der Waals surface area contributed by atoms with Crippen molar-refractivity contribution in [1.29, 1.82) is 0 Å². The van der Waals surface area contributed by atoms with Crippen LogP contribution in [0.5, 0.6) is 0 Å². The fraction of sp³-hybridized carbons (Fsp3) is 0.933. The highest BCUT2D eigenvalue weighted by molar-refractivity contribution is 5.78. The van der Waals surface area contributed by atoms with Crippen LogP contribution in [-0.2, 0) is 4.79 Å². The summed E-state index contributed by atoms with van der Waals surface area (Å²) in [6.07, 6.45) is 5.48. The van der Waals surface area contributed by atoms with E-state index in [2.05, 4.69) is 31.4 Å². The van der Waals surface area contributed by atoms with Crippen LogP contribution in [0.2, 0.25) is 0 Å². The third-order valence-corrected chi connectivity index (χ3v) is 4.17. The van der Waals surface area contributed by atoms with Crippen LogP contribution in [0.25, 0.3) is 0 Å². The van der Waals surface area contributed by atoms with Gasteiger partial charge >= 0.3 is 0 Å². The largest absolute Gasteiger partial charge is 0.356 e. The molecule has 1 aliphatic heterocycles. The molecule has 18 heavy (non-hydrogen) atoms. The molecule has 1 amide bonds. The highest BCUT2D eigenvalue weighted by Gasteiger charge is 2.23. The molecule has 0 aromatic heterocycles. The number of piperidine rings is 1. The minimum absolute atomic E-state index is 0.229. The molecule has 2 unspecified atom stereocenters. The van der Waals surface area contributed by atoms with Gasteiger partial charge in [-0.3, -0.25) is 4.79 Å². The van der Waals surface area contributed by atoms with Gasteiger partial charge in [0, 0.05) is 12.5 Å². The fourth-order valence-electron chi connectivity index (χ4n) is 2.81. The molecule has 0 bridgehead atoms. The maximum atomic E-state index is 12.1. The Kier molecular flexibility index (Phi) is 7.33. The topological polar surface area (TPSA) is 41.1 Å². The van der Waals surface area contributed by atoms with Crippen molar-refractivity contribution >= 4 is 5.91 Å². The molecule has 2 atom stereocenters. The second kappa shape index (κ2) is 8.52. The number of carbonyl (C=O) groups is 1. The highest BCUT2D eigenvalue weighted by Crippen LogP contribution is 2.18. The molecule has 1 heterocycles. The Bertz CT molecular complexity index is 237. The molecule has 2 N–H and O–H groups in total. The van der Waals surface area contributed by atoms with E-state index in [9.17, 15) is 4.79 Å². The van der Waals surface area contributed by atoms with Crippen molar-refractivity contribution in [2.45, 2.75) is 52.9 Å². The van der Waals surface area contributed by atoms with Crippen LogP contribution in [0.1, 0.15) is 52.9 Å². The number of rotatable bonds is 7. The number of nitrogens with one attached hydrogen (secondary N) is 2. The van der Waals surface area contributed by atoms with E-state index < -0.39 is 0 Å². The van der Waals surface area contributed by atoms with Gasteiger partial charge in [-0.05, 0) is 44.2 Å². The molecule has 0 aromatic rings. The van der Waals surface area contributed by atoms with Gasteiger partial charge < -0.3 is 10.6 Å². The van der Waals surface area contributed by atoms with Crippen molar-refractivity contribution in [2.75, 3.05) is 19.6 Å². The average Bonchev–Trinajstić information content (AvgIpc) is 2.37. The van der Waals surface area contributed by atoms with E-state index in [0.29, 0.717) is 5.92 Å². The zero-order valence-electron chi connectivity index (χ0n) is 12.3. The summed E-state index contributed by atoms with van der Waals surface area (Å²) in [5.74, 6) is 1.83. The molecule has 1 aliphatic rings. The van der Waals surface area contributed by atoms with E-state index >= 15 is 0 Å². The van der Waals surface area contributed by atoms with Crippen LogP contribution in [0.15, 0.2) is 0 Å². The van der Waals surface area contributed by atoms with Crippen molar-refractivity contribution in [2.24, 2.45) is 17.8 Å². The minimum atomic E-state index is 0.229. The number of hydrogen-bond acceptors (Lipinski definition) is 2. The fourth-order valence-corrected chi connectivity index (χ4v) is 2.81. The molecule has 1 fully saturated rings. The second-order valence-corrected chi connectivity index (χ2v) is 5.75. The maximum absolute atomic E-state index is 12.1. The van der Waals surface area contributed by atoms with Gasteiger partial charge in [0.05, 0.1) is 0 Å². The first-order valence-electron chi connectivity index (χ1n) is 7.67. The Labute approximate surface area is 112 Å². The van der Waals surface area contributed by atoms with Gasteiger partial charge in [0.25, 0.3) is 0 Å². The lowest BCUT2D eigenvalue weighted by Gasteiger charge is -2.30. The van der Waals surface area contributed by atoms with Gasteiger partial charge in [0.15, 0.2) is 0 Å². The average molecular weight is 254 g/mol. The Morgan fingerprint density at radius 3 is 2.56 bits per heavy atom. The van der Waals surface area contributed by atoms with E-state index in [-0.39, 0.29) is 11.8 Å². The zero-order chi connectivity index (χ0) is 13.4. The summed E-state index contributed by atoms with van der Waals surface area (Å²) in [4.78, 5) is 12.1. The highest BCUT2D eigenvalue weighted by atomic mass is 16.1. The predicted molar refractivity (Wildman–Crippen MR) is 76.5 cm³/mol. The molecule has 0 radical (unpaired) electrons. The lowest BCUT2D eigenvalue weighted by Crippen LogP contribution is -2.43. The molecule has 0 aromatic carbocycles. The SMILES string of the molecule is CCCC(CCC)C(=O)NCC1CNCCC1C. The second-order valence-electron chi connectivity index (χ2n) is 5.75. The normalized spacial score (nSPS) is 24.2. The summed E-state index contributed by atoms with van der Waals surface area (Å²) in [7, 11) is 0. The van der Waals surface area contributed by atoms with E-state index in [4.69, 9.17) is 0 Å². The Morgan fingerprint density at radius 2 is 2.00 bits per heavy atom. The molecule has 3 heteroatoms. The third kappa shape index (κ3) is 4.97. The van der Waals surface area contributed by atoms with Crippen molar-refractivity contribution in [3.8, 4) is 0 Å². The van der Waals surface area contributed by atoms with E-state index in [1.165, 1.54) is 6.42 Å². The predicted octanol–water partition coefficient (Wildman–Crippen LogP) is 2.56. The summed E-state index contributed by atoms with van der Waals surface area (Å²) in [6, 6.07) is 0. The molecule has 0 spiro atoms. The Hall–Kier alpha value is -0.570. The Balaban J connectivity index is 2.33. The first-order chi connectivity index (χ1) is 8.69. The quantitative estimate of drug-likeness (QED) is 0.733. The van der Waals surface area contributed by atoms with Crippen LogP contribution in [0.4, 0.5) is 0 Å². The smallest absolute Gasteiger partial charge is 0.223 e. The molecular formula is C15H30N2O. The summed E-state index contributed by atoms with van der Waals surface area (Å²) < 4.78 is 0. The standard InChI is InChI=1S/C15H30N2O/c1-4-6-13(7-5-2)15(18)17-11-14-10-16-9-8-12(14)3/h12-14,16H,4-11H2,1-3H3,(H,17,18). The summed E-state index contributed by atoms with van der Waals surface area (Å²) >= 11 is 0. The van der Waals surface area contributed by atoms with Gasteiger partial charge in [-0.25, -0.2) is 0 Å². The first-order valence-corrected chi connectivity index (χ1v) is 7.67. The molecule has 3 nitrogen and oxygen atoms in total. The molecule has 106 valence electrons. The van der Waals surface area contributed by atoms with Gasteiger partial charge in [-0.2, -0.15) is 0 Å². The third-order valence-electron chi connectivity index (χ3n) is 4.17. The number of carbonyl (C=O) groups excluding carboxylic acids is 1. The van der Waals surface area contributed by atoms with E-state index in [1.54, 1.807) is 0 Å². The van der Waals surface area contributed by atoms with Crippen LogP contribution >= 0.6 is 0 Å². The summed E-state index contributed by atoms with van der Waals surface area (Å²) in [5.41, 5.74) is 0. The monoisotopic (exact) mass is 254 g/mol. The van der Waals surface area contributed by atoms with Crippen LogP contribution < -0.4 is 10.6 Å². The van der Waals surface area contributed by atoms with Crippen LogP contribution in [-0.4, -0.2) is 25.5 Å². The Morgan fingerprint density at radius 1 is 1.33 bits per heavy atom. The summed E-state index contributed by atoms with van der Waals surface area (Å²) in [6.45, 7) is 9.63. The van der Waals surface area contributed by atoms with Crippen LogP contribution in [0, 0.1) is 17.8 Å². The van der Waals surface area contributed by atoms with Gasteiger partial charge in [0.1, 0.15) is 0 Å². The molecule has 1 saturated heterocycles. The molecular weight excluding hydrogens is 224 g/mol. The number of amides is 1.